The van der Waals surface area contributed by atoms with Crippen molar-refractivity contribution in [2.24, 2.45) is 5.41 Å². The third-order valence-electron chi connectivity index (χ3n) is 7.10. The maximum Gasteiger partial charge on any atom is 0.226 e. The zero-order valence-electron chi connectivity index (χ0n) is 20.8. The molecule has 182 valence electrons. The lowest BCUT2D eigenvalue weighted by Gasteiger charge is -2.38. The van der Waals surface area contributed by atoms with Gasteiger partial charge in [-0.2, -0.15) is 4.98 Å². The number of rotatable bonds is 4. The van der Waals surface area contributed by atoms with Crippen molar-refractivity contribution in [2.45, 2.75) is 32.7 Å². The summed E-state index contributed by atoms with van der Waals surface area (Å²) < 4.78 is 13.0. The van der Waals surface area contributed by atoms with Gasteiger partial charge in [-0.15, -0.1) is 5.10 Å². The number of Topliss-reactive ketones (excluding diaryl/α,β-unsaturated/α-hetero) is 1. The molecule has 0 radical (unpaired) electrons. The highest BCUT2D eigenvalue weighted by atomic mass is 16.5. The van der Waals surface area contributed by atoms with E-state index in [4.69, 9.17) is 19.6 Å². The monoisotopic (exact) mass is 480 g/mol. The largest absolute Gasteiger partial charge is 0.497 e. The number of methoxy groups -OCH3 is 2. The first-order chi connectivity index (χ1) is 17.4. The number of carbonyl (C=O) groups excluding carboxylic acids is 1. The van der Waals surface area contributed by atoms with Crippen LogP contribution in [0.5, 0.6) is 11.5 Å². The Morgan fingerprint density at radius 1 is 1.00 bits per heavy atom. The summed E-state index contributed by atoms with van der Waals surface area (Å²) in [6.07, 6.45) is 1.22. The summed E-state index contributed by atoms with van der Waals surface area (Å²) in [5.74, 6) is 2.66. The number of allylic oxidation sites excluding steroid dienone is 2. The van der Waals surface area contributed by atoms with Gasteiger partial charge in [-0.1, -0.05) is 56.3 Å². The van der Waals surface area contributed by atoms with Crippen LogP contribution in [0, 0.1) is 5.41 Å². The van der Waals surface area contributed by atoms with Crippen molar-refractivity contribution in [3.63, 3.8) is 0 Å². The molecule has 6 rings (SSSR count). The quantitative estimate of drug-likeness (QED) is 0.399. The van der Waals surface area contributed by atoms with Crippen LogP contribution in [-0.2, 0) is 4.79 Å². The number of anilines is 1. The number of ether oxygens (including phenoxy) is 2. The van der Waals surface area contributed by atoms with Gasteiger partial charge in [0.25, 0.3) is 0 Å². The zero-order chi connectivity index (χ0) is 25.0. The smallest absolute Gasteiger partial charge is 0.226 e. The highest BCUT2D eigenvalue weighted by Gasteiger charge is 2.42. The van der Waals surface area contributed by atoms with E-state index in [1.807, 2.05) is 47.1 Å². The first kappa shape index (κ1) is 22.3. The van der Waals surface area contributed by atoms with Crippen LogP contribution in [0.4, 0.5) is 5.95 Å². The van der Waals surface area contributed by atoms with Crippen molar-refractivity contribution >= 4 is 22.5 Å². The molecule has 36 heavy (non-hydrogen) atoms. The predicted molar refractivity (Wildman–Crippen MR) is 139 cm³/mol. The number of carbonyl (C=O) groups is 1. The van der Waals surface area contributed by atoms with E-state index >= 15 is 0 Å². The predicted octanol–water partition coefficient (Wildman–Crippen LogP) is 5.77. The number of hydrogen-bond acceptors (Lipinski definition) is 6. The summed E-state index contributed by atoms with van der Waals surface area (Å²) in [7, 11) is 3.25. The SMILES string of the molecule is COc1ccc(C2C3=C(CC(C)(C)CC3=O)Nc3nc(-c4cccc5ccccc45)nn32)c(OC)c1. The Labute approximate surface area is 209 Å². The van der Waals surface area contributed by atoms with Gasteiger partial charge >= 0.3 is 0 Å². The third-order valence-corrected chi connectivity index (χ3v) is 7.10. The van der Waals surface area contributed by atoms with Gasteiger partial charge in [-0.25, -0.2) is 4.68 Å². The van der Waals surface area contributed by atoms with Crippen LogP contribution in [0.15, 0.2) is 71.9 Å². The second kappa shape index (κ2) is 8.22. The van der Waals surface area contributed by atoms with Crippen LogP contribution in [0.3, 0.4) is 0 Å². The Balaban J connectivity index is 1.57. The molecular weight excluding hydrogens is 452 g/mol. The number of aromatic nitrogens is 3. The van der Waals surface area contributed by atoms with Gasteiger partial charge in [0.05, 0.1) is 14.2 Å². The van der Waals surface area contributed by atoms with E-state index in [1.165, 1.54) is 0 Å². The first-order valence-electron chi connectivity index (χ1n) is 12.1. The fourth-order valence-corrected chi connectivity index (χ4v) is 5.48. The number of nitrogens with zero attached hydrogens (tertiary/aromatic N) is 3. The van der Waals surface area contributed by atoms with Gasteiger partial charge in [0.2, 0.25) is 5.95 Å². The van der Waals surface area contributed by atoms with Gasteiger partial charge in [0.1, 0.15) is 17.5 Å². The van der Waals surface area contributed by atoms with Crippen molar-refractivity contribution in [1.29, 1.82) is 0 Å². The number of nitrogens with one attached hydrogen (secondary N) is 1. The molecule has 2 heterocycles. The summed E-state index contributed by atoms with van der Waals surface area (Å²) in [5, 5.41) is 10.6. The summed E-state index contributed by atoms with van der Waals surface area (Å²) in [4.78, 5) is 18.5. The van der Waals surface area contributed by atoms with Gasteiger partial charge < -0.3 is 14.8 Å². The Kier molecular flexibility index (Phi) is 5.10. The van der Waals surface area contributed by atoms with Crippen molar-refractivity contribution in [3.05, 3.63) is 77.5 Å². The van der Waals surface area contributed by atoms with Crippen LogP contribution in [-0.4, -0.2) is 34.8 Å². The minimum atomic E-state index is -0.461. The Hall–Kier alpha value is -4.13. The molecule has 7 nitrogen and oxygen atoms in total. The summed E-state index contributed by atoms with van der Waals surface area (Å²) in [6.45, 7) is 4.25. The lowest BCUT2D eigenvalue weighted by Crippen LogP contribution is -2.36. The molecule has 0 fully saturated rings. The lowest BCUT2D eigenvalue weighted by atomic mass is 9.73. The van der Waals surface area contributed by atoms with Crippen LogP contribution < -0.4 is 14.8 Å². The van der Waals surface area contributed by atoms with Crippen molar-refractivity contribution < 1.29 is 14.3 Å². The van der Waals surface area contributed by atoms with E-state index in [0.717, 1.165) is 39.6 Å². The first-order valence-corrected chi connectivity index (χ1v) is 12.1. The molecule has 1 aliphatic carbocycles. The number of ketones is 1. The molecule has 7 heteroatoms. The van der Waals surface area contributed by atoms with Crippen LogP contribution >= 0.6 is 0 Å². The molecule has 0 spiro atoms. The molecule has 1 unspecified atom stereocenters. The number of hydrogen-bond donors (Lipinski definition) is 1. The van der Waals surface area contributed by atoms with Gasteiger partial charge in [0.15, 0.2) is 11.6 Å². The molecular formula is C29H28N4O3. The second-order valence-corrected chi connectivity index (χ2v) is 10.2. The summed E-state index contributed by atoms with van der Waals surface area (Å²) in [6, 6.07) is 19.6. The molecule has 1 aliphatic heterocycles. The molecule has 1 atom stereocenters. The summed E-state index contributed by atoms with van der Waals surface area (Å²) >= 11 is 0. The zero-order valence-corrected chi connectivity index (χ0v) is 20.8. The second-order valence-electron chi connectivity index (χ2n) is 10.2. The molecule has 2 aliphatic rings. The highest BCUT2D eigenvalue weighted by Crippen LogP contribution is 2.47. The third kappa shape index (κ3) is 3.54. The van der Waals surface area contributed by atoms with Crippen molar-refractivity contribution in [1.82, 2.24) is 14.8 Å². The van der Waals surface area contributed by atoms with Crippen molar-refractivity contribution in [3.8, 4) is 22.9 Å². The van der Waals surface area contributed by atoms with E-state index in [1.54, 1.807) is 14.2 Å². The Bertz CT molecular complexity index is 1540. The van der Waals surface area contributed by atoms with Gasteiger partial charge in [-0.05, 0) is 34.7 Å². The van der Waals surface area contributed by atoms with Crippen molar-refractivity contribution in [2.75, 3.05) is 19.5 Å². The lowest BCUT2D eigenvalue weighted by molar-refractivity contribution is -0.118. The normalized spacial score (nSPS) is 18.4. The van der Waals surface area contributed by atoms with E-state index in [0.29, 0.717) is 29.7 Å². The maximum atomic E-state index is 13.6. The van der Waals surface area contributed by atoms with Gasteiger partial charge in [-0.3, -0.25) is 4.79 Å². The van der Waals surface area contributed by atoms with Crippen LogP contribution in [0.25, 0.3) is 22.2 Å². The Morgan fingerprint density at radius 2 is 1.81 bits per heavy atom. The van der Waals surface area contributed by atoms with E-state index < -0.39 is 6.04 Å². The number of benzene rings is 3. The average molecular weight is 481 g/mol. The highest BCUT2D eigenvalue weighted by molar-refractivity contribution is 6.00. The van der Waals surface area contributed by atoms with E-state index in [9.17, 15) is 4.79 Å². The topological polar surface area (TPSA) is 78.3 Å². The van der Waals surface area contributed by atoms with E-state index in [2.05, 4.69) is 37.4 Å². The number of fused-ring (bicyclic) bond motifs is 2. The van der Waals surface area contributed by atoms with Crippen LogP contribution in [0.2, 0.25) is 0 Å². The molecule has 0 amide bonds. The van der Waals surface area contributed by atoms with Crippen LogP contribution in [0.1, 0.15) is 38.3 Å². The fourth-order valence-electron chi connectivity index (χ4n) is 5.48. The fraction of sp³-hybridized carbons (Fsp3) is 0.276. The molecule has 0 saturated carbocycles. The molecule has 0 saturated heterocycles. The Morgan fingerprint density at radius 3 is 2.61 bits per heavy atom. The maximum absolute atomic E-state index is 13.6. The minimum absolute atomic E-state index is 0.115. The molecule has 0 bridgehead atoms. The average Bonchev–Trinajstić information content (AvgIpc) is 3.29. The molecule has 1 N–H and O–H groups in total. The summed E-state index contributed by atoms with van der Waals surface area (Å²) in [5.41, 5.74) is 3.28. The minimum Gasteiger partial charge on any atom is -0.497 e. The molecule has 3 aromatic carbocycles. The molecule has 4 aromatic rings. The molecule has 1 aromatic heterocycles. The standard InChI is InChI=1S/C29H28N4O3/c1-29(2)15-22-25(23(34)16-29)26(21-13-12-18(35-3)14-24(21)36-4)33-28(30-22)31-27(32-33)20-11-7-9-17-8-5-6-10-19(17)20/h5-14,26H,15-16H2,1-4H3,(H,30,31,32). The van der Waals surface area contributed by atoms with E-state index in [-0.39, 0.29) is 11.2 Å². The van der Waals surface area contributed by atoms with Gasteiger partial charge in [0, 0.05) is 34.9 Å².